The number of rotatable bonds is 8. The molecule has 25 heavy (non-hydrogen) atoms. The number of ether oxygens (including phenoxy) is 1. The fraction of sp³-hybridized carbons (Fsp3) is 0.211. The molecule has 1 amide bonds. The highest BCUT2D eigenvalue weighted by Crippen LogP contribution is 2.14. The van der Waals surface area contributed by atoms with Crippen LogP contribution in [0.4, 0.5) is 0 Å². The minimum Gasteiger partial charge on any atom is -0.494 e. The molecule has 0 saturated carbocycles. The maximum Gasteiger partial charge on any atom is 0.303 e. The van der Waals surface area contributed by atoms with Crippen LogP contribution in [0.5, 0.6) is 5.75 Å². The molecule has 130 valence electrons. The Labute approximate surface area is 146 Å². The van der Waals surface area contributed by atoms with Crippen LogP contribution in [0.25, 0.3) is 0 Å². The van der Waals surface area contributed by atoms with Crippen LogP contribution in [0.15, 0.2) is 59.7 Å². The number of aliphatic carboxylic acids is 1. The second-order valence-corrected chi connectivity index (χ2v) is 5.22. The Bertz CT molecular complexity index is 740. The van der Waals surface area contributed by atoms with Gasteiger partial charge in [-0.15, -0.1) is 0 Å². The van der Waals surface area contributed by atoms with E-state index in [1.807, 2.05) is 13.0 Å². The van der Waals surface area contributed by atoms with E-state index < -0.39 is 5.97 Å². The first-order chi connectivity index (χ1) is 12.1. The van der Waals surface area contributed by atoms with Gasteiger partial charge in [0, 0.05) is 12.0 Å². The van der Waals surface area contributed by atoms with Crippen LogP contribution in [0, 0.1) is 0 Å². The smallest absolute Gasteiger partial charge is 0.303 e. The largest absolute Gasteiger partial charge is 0.494 e. The van der Waals surface area contributed by atoms with Crippen molar-refractivity contribution in [2.24, 2.45) is 5.10 Å². The Balaban J connectivity index is 2.16. The summed E-state index contributed by atoms with van der Waals surface area (Å²) < 4.78 is 5.39. The van der Waals surface area contributed by atoms with Crippen LogP contribution >= 0.6 is 0 Å². The Morgan fingerprint density at radius 3 is 2.28 bits per heavy atom. The fourth-order valence-electron chi connectivity index (χ4n) is 2.17. The molecule has 0 radical (unpaired) electrons. The van der Waals surface area contributed by atoms with Gasteiger partial charge in [0.05, 0.1) is 18.7 Å². The van der Waals surface area contributed by atoms with Crippen LogP contribution in [-0.2, 0) is 4.79 Å². The average Bonchev–Trinajstić information content (AvgIpc) is 2.63. The maximum atomic E-state index is 12.1. The first-order valence-corrected chi connectivity index (χ1v) is 7.97. The number of hydrazone groups is 1. The zero-order chi connectivity index (χ0) is 18.1. The van der Waals surface area contributed by atoms with Crippen molar-refractivity contribution in [1.82, 2.24) is 5.43 Å². The lowest BCUT2D eigenvalue weighted by molar-refractivity contribution is -0.136. The molecule has 0 aromatic heterocycles. The van der Waals surface area contributed by atoms with Gasteiger partial charge in [-0.2, -0.15) is 5.10 Å². The summed E-state index contributed by atoms with van der Waals surface area (Å²) in [4.78, 5) is 23.0. The average molecular weight is 340 g/mol. The molecule has 6 nitrogen and oxygen atoms in total. The predicted molar refractivity (Wildman–Crippen MR) is 94.9 cm³/mol. The summed E-state index contributed by atoms with van der Waals surface area (Å²) in [5.41, 5.74) is 4.20. The molecule has 0 aliphatic heterocycles. The van der Waals surface area contributed by atoms with Gasteiger partial charge in [-0.25, -0.2) is 5.43 Å². The van der Waals surface area contributed by atoms with Gasteiger partial charge in [0.15, 0.2) is 0 Å². The number of nitrogens with one attached hydrogen (secondary N) is 1. The van der Waals surface area contributed by atoms with Crippen LogP contribution in [0.1, 0.15) is 35.7 Å². The van der Waals surface area contributed by atoms with Crippen LogP contribution in [0.2, 0.25) is 0 Å². The number of carboxylic acid groups (broad SMARTS) is 1. The Morgan fingerprint density at radius 2 is 1.68 bits per heavy atom. The van der Waals surface area contributed by atoms with Crippen molar-refractivity contribution < 1.29 is 19.4 Å². The monoisotopic (exact) mass is 340 g/mol. The minimum absolute atomic E-state index is 0.0761. The zero-order valence-corrected chi connectivity index (χ0v) is 13.9. The molecule has 0 heterocycles. The van der Waals surface area contributed by atoms with Crippen molar-refractivity contribution >= 4 is 17.6 Å². The molecule has 2 N–H and O–H groups in total. The van der Waals surface area contributed by atoms with Gasteiger partial charge in [-0.3, -0.25) is 9.59 Å². The van der Waals surface area contributed by atoms with Gasteiger partial charge in [0.1, 0.15) is 5.75 Å². The van der Waals surface area contributed by atoms with E-state index in [1.54, 1.807) is 48.5 Å². The second-order valence-electron chi connectivity index (χ2n) is 5.22. The van der Waals surface area contributed by atoms with Gasteiger partial charge in [0.25, 0.3) is 5.91 Å². The lowest BCUT2D eigenvalue weighted by Gasteiger charge is -2.08. The molecule has 0 saturated heterocycles. The van der Waals surface area contributed by atoms with E-state index in [-0.39, 0.29) is 18.7 Å². The zero-order valence-electron chi connectivity index (χ0n) is 13.9. The van der Waals surface area contributed by atoms with Crippen LogP contribution in [-0.4, -0.2) is 29.3 Å². The first-order valence-electron chi connectivity index (χ1n) is 7.97. The number of carbonyl (C=O) groups is 2. The number of hydrogen-bond donors (Lipinski definition) is 2. The van der Waals surface area contributed by atoms with E-state index in [4.69, 9.17) is 9.84 Å². The van der Waals surface area contributed by atoms with Crippen molar-refractivity contribution in [3.05, 3.63) is 65.7 Å². The lowest BCUT2D eigenvalue weighted by Crippen LogP contribution is -2.20. The summed E-state index contributed by atoms with van der Waals surface area (Å²) >= 11 is 0. The molecule has 0 fully saturated rings. The molecule has 2 aromatic rings. The van der Waals surface area contributed by atoms with Gasteiger partial charge >= 0.3 is 5.97 Å². The highest BCUT2D eigenvalue weighted by Gasteiger charge is 2.09. The van der Waals surface area contributed by atoms with Crippen LogP contribution < -0.4 is 10.2 Å². The molecule has 6 heteroatoms. The number of carbonyl (C=O) groups excluding carboxylic acids is 1. The summed E-state index contributed by atoms with van der Waals surface area (Å²) in [6, 6.07) is 15.9. The number of nitrogens with zero attached hydrogens (tertiary/aromatic N) is 1. The van der Waals surface area contributed by atoms with Crippen molar-refractivity contribution in [2.75, 3.05) is 6.61 Å². The molecule has 0 aliphatic carbocycles. The third kappa shape index (κ3) is 5.76. The minimum atomic E-state index is -0.923. The standard InChI is InChI=1S/C19H20N2O4/c1-2-25-16-10-8-14(9-11-16)17(12-13-18(22)23)20-21-19(24)15-6-4-3-5-7-15/h3-11H,2,12-13H2,1H3,(H,21,24)(H,22,23). The third-order valence-electron chi connectivity index (χ3n) is 3.40. The van der Waals surface area contributed by atoms with Crippen molar-refractivity contribution in [1.29, 1.82) is 0 Å². The molecular weight excluding hydrogens is 320 g/mol. The molecular formula is C19H20N2O4. The molecule has 0 bridgehead atoms. The van der Waals surface area contributed by atoms with E-state index >= 15 is 0 Å². The van der Waals surface area contributed by atoms with Gasteiger partial charge in [-0.1, -0.05) is 18.2 Å². The Kier molecular flexibility index (Phi) is 6.71. The topological polar surface area (TPSA) is 88.0 Å². The predicted octanol–water partition coefficient (Wildman–Crippen LogP) is 3.08. The van der Waals surface area contributed by atoms with Crippen molar-refractivity contribution in [2.45, 2.75) is 19.8 Å². The Hall–Kier alpha value is -3.15. The van der Waals surface area contributed by atoms with E-state index in [0.717, 1.165) is 11.3 Å². The number of amides is 1. The molecule has 0 aliphatic rings. The molecule has 0 spiro atoms. The highest BCUT2D eigenvalue weighted by molar-refractivity contribution is 6.03. The van der Waals surface area contributed by atoms with Crippen LogP contribution in [0.3, 0.4) is 0 Å². The van der Waals surface area contributed by atoms with E-state index in [0.29, 0.717) is 17.9 Å². The summed E-state index contributed by atoms with van der Waals surface area (Å²) in [5, 5.41) is 13.0. The normalized spacial score (nSPS) is 11.0. The summed E-state index contributed by atoms with van der Waals surface area (Å²) in [6.45, 7) is 2.46. The summed E-state index contributed by atoms with van der Waals surface area (Å²) in [5.74, 6) is -0.551. The third-order valence-corrected chi connectivity index (χ3v) is 3.40. The lowest BCUT2D eigenvalue weighted by atomic mass is 10.1. The second kappa shape index (κ2) is 9.22. The van der Waals surface area contributed by atoms with E-state index in [2.05, 4.69) is 10.5 Å². The summed E-state index contributed by atoms with van der Waals surface area (Å²) in [6.07, 6.45) is 0.131. The van der Waals surface area contributed by atoms with Gasteiger partial charge < -0.3 is 9.84 Å². The summed E-state index contributed by atoms with van der Waals surface area (Å²) in [7, 11) is 0. The van der Waals surface area contributed by atoms with Crippen molar-refractivity contribution in [3.8, 4) is 5.75 Å². The number of benzene rings is 2. The molecule has 0 atom stereocenters. The van der Waals surface area contributed by atoms with E-state index in [1.165, 1.54) is 0 Å². The van der Waals surface area contributed by atoms with Gasteiger partial charge in [0.2, 0.25) is 0 Å². The molecule has 2 rings (SSSR count). The van der Waals surface area contributed by atoms with Gasteiger partial charge in [-0.05, 0) is 48.9 Å². The fourth-order valence-corrected chi connectivity index (χ4v) is 2.17. The quantitative estimate of drug-likeness (QED) is 0.571. The Morgan fingerprint density at radius 1 is 1.00 bits per heavy atom. The molecule has 0 unspecified atom stereocenters. The first kappa shape index (κ1) is 18.2. The highest BCUT2D eigenvalue weighted by atomic mass is 16.5. The molecule has 2 aromatic carbocycles. The number of hydrogen-bond acceptors (Lipinski definition) is 4. The SMILES string of the molecule is CCOc1ccc(C(CCC(=O)O)=NNC(=O)c2ccccc2)cc1. The van der Waals surface area contributed by atoms with Crippen molar-refractivity contribution in [3.63, 3.8) is 0 Å². The number of carboxylic acids is 1. The van der Waals surface area contributed by atoms with E-state index in [9.17, 15) is 9.59 Å². The maximum absolute atomic E-state index is 12.1.